The molecular formula is C4H4F3N3O6S. The van der Waals surface area contributed by atoms with Crippen molar-refractivity contribution < 1.29 is 31.4 Å². The fraction of sp³-hybridized carbons (Fsp3) is 1.00. The third kappa shape index (κ3) is 1.80. The van der Waals surface area contributed by atoms with E-state index in [9.17, 15) is 41.8 Å². The first-order valence-corrected chi connectivity index (χ1v) is 5.24. The molecule has 0 unspecified atom stereocenters. The lowest BCUT2D eigenvalue weighted by Crippen LogP contribution is -2.72. The van der Waals surface area contributed by atoms with Gasteiger partial charge < -0.3 is 0 Å². The van der Waals surface area contributed by atoms with Crippen molar-refractivity contribution in [2.24, 2.45) is 0 Å². The summed E-state index contributed by atoms with van der Waals surface area (Å²) in [6.45, 7) is -2.87. The largest absolute Gasteiger partial charge is 0.511 e. The zero-order valence-electron chi connectivity index (χ0n) is 7.75. The molecule has 0 aromatic carbocycles. The van der Waals surface area contributed by atoms with Crippen LogP contribution in [0.5, 0.6) is 0 Å². The van der Waals surface area contributed by atoms with Crippen LogP contribution in [0.2, 0.25) is 0 Å². The summed E-state index contributed by atoms with van der Waals surface area (Å²) in [5, 5.41) is 20.7. The Balaban J connectivity index is 2.95. The fourth-order valence-corrected chi connectivity index (χ4v) is 2.18. The summed E-state index contributed by atoms with van der Waals surface area (Å²) >= 11 is 0. The van der Waals surface area contributed by atoms with Crippen molar-refractivity contribution >= 4 is 10.0 Å². The number of alkyl halides is 3. The summed E-state index contributed by atoms with van der Waals surface area (Å²) in [5.74, 6) is 0. The van der Waals surface area contributed by atoms with Crippen molar-refractivity contribution in [2.75, 3.05) is 13.1 Å². The van der Waals surface area contributed by atoms with E-state index in [1.807, 2.05) is 0 Å². The van der Waals surface area contributed by atoms with Crippen LogP contribution in [-0.2, 0) is 10.0 Å². The molecule has 0 spiro atoms. The van der Waals surface area contributed by atoms with Crippen LogP contribution >= 0.6 is 0 Å². The third-order valence-electron chi connectivity index (χ3n) is 2.17. The molecular weight excluding hydrogens is 275 g/mol. The van der Waals surface area contributed by atoms with E-state index in [2.05, 4.69) is 0 Å². The summed E-state index contributed by atoms with van der Waals surface area (Å²) in [6, 6.07) is 0. The van der Waals surface area contributed by atoms with Crippen molar-refractivity contribution in [3.63, 3.8) is 0 Å². The number of nitrogens with zero attached hydrogens (tertiary/aromatic N) is 3. The summed E-state index contributed by atoms with van der Waals surface area (Å²) in [4.78, 5) is 17.8. The number of hydrogen-bond donors (Lipinski definition) is 0. The Morgan fingerprint density at radius 1 is 1.12 bits per heavy atom. The molecule has 9 nitrogen and oxygen atoms in total. The molecule has 0 saturated carbocycles. The van der Waals surface area contributed by atoms with Crippen LogP contribution in [0, 0.1) is 20.2 Å². The molecule has 1 aliphatic rings. The highest BCUT2D eigenvalue weighted by atomic mass is 32.2. The first-order valence-electron chi connectivity index (χ1n) is 3.80. The van der Waals surface area contributed by atoms with Gasteiger partial charge in [0.1, 0.15) is 9.85 Å². The molecule has 0 atom stereocenters. The van der Waals surface area contributed by atoms with Gasteiger partial charge in [0, 0.05) is 0 Å². The molecule has 0 aromatic rings. The summed E-state index contributed by atoms with van der Waals surface area (Å²) in [5.41, 5.74) is -8.52. The van der Waals surface area contributed by atoms with E-state index in [0.717, 1.165) is 0 Å². The van der Waals surface area contributed by atoms with Crippen LogP contribution in [0.15, 0.2) is 0 Å². The summed E-state index contributed by atoms with van der Waals surface area (Å²) < 4.78 is 57.1. The summed E-state index contributed by atoms with van der Waals surface area (Å²) in [6.07, 6.45) is 0. The quantitative estimate of drug-likeness (QED) is 0.386. The van der Waals surface area contributed by atoms with Crippen LogP contribution in [0.4, 0.5) is 13.2 Å². The lowest BCUT2D eigenvalue weighted by Gasteiger charge is -2.35. The van der Waals surface area contributed by atoms with Gasteiger partial charge in [0.2, 0.25) is 0 Å². The Labute approximate surface area is 91.2 Å². The van der Waals surface area contributed by atoms with Gasteiger partial charge in [-0.05, 0) is 0 Å². The molecule has 17 heavy (non-hydrogen) atoms. The maximum absolute atomic E-state index is 12.0. The van der Waals surface area contributed by atoms with E-state index < -0.39 is 44.1 Å². The number of rotatable bonds is 3. The van der Waals surface area contributed by atoms with Crippen molar-refractivity contribution in [3.05, 3.63) is 20.2 Å². The Morgan fingerprint density at radius 2 is 1.47 bits per heavy atom. The van der Waals surface area contributed by atoms with Crippen molar-refractivity contribution in [1.29, 1.82) is 0 Å². The minimum atomic E-state index is -5.75. The molecule has 0 aliphatic carbocycles. The molecule has 13 heteroatoms. The van der Waals surface area contributed by atoms with Crippen LogP contribution in [0.1, 0.15) is 0 Å². The zero-order valence-corrected chi connectivity index (χ0v) is 8.56. The van der Waals surface area contributed by atoms with Crippen LogP contribution in [0.3, 0.4) is 0 Å². The first kappa shape index (κ1) is 13.6. The standard InChI is InChI=1S/C4H4F3N3O6S/c5-4(6,7)17(15,16)8-1-3(2-8,9(11)12)10(13)14/h1-2H2. The lowest BCUT2D eigenvalue weighted by atomic mass is 10.1. The molecule has 0 bridgehead atoms. The van der Waals surface area contributed by atoms with E-state index in [-0.39, 0.29) is 4.31 Å². The van der Waals surface area contributed by atoms with E-state index in [0.29, 0.717) is 0 Å². The Morgan fingerprint density at radius 3 is 1.71 bits per heavy atom. The van der Waals surface area contributed by atoms with Crippen LogP contribution in [-0.4, -0.2) is 46.8 Å². The highest BCUT2D eigenvalue weighted by molar-refractivity contribution is 7.90. The van der Waals surface area contributed by atoms with E-state index in [4.69, 9.17) is 0 Å². The molecule has 98 valence electrons. The first-order chi connectivity index (χ1) is 7.45. The molecule has 0 amide bonds. The van der Waals surface area contributed by atoms with Crippen molar-refractivity contribution in [3.8, 4) is 0 Å². The van der Waals surface area contributed by atoms with Gasteiger partial charge in [-0.1, -0.05) is 0 Å². The van der Waals surface area contributed by atoms with Gasteiger partial charge in [-0.3, -0.25) is 20.2 Å². The van der Waals surface area contributed by atoms with Gasteiger partial charge >= 0.3 is 21.2 Å². The Bertz CT molecular complexity index is 449. The number of sulfonamides is 1. The molecule has 1 heterocycles. The topological polar surface area (TPSA) is 124 Å². The predicted molar refractivity (Wildman–Crippen MR) is 43.3 cm³/mol. The number of halogens is 3. The second-order valence-electron chi connectivity index (χ2n) is 3.22. The Hall–Kier alpha value is -1.50. The normalized spacial score (nSPS) is 20.6. The molecule has 1 fully saturated rings. The predicted octanol–water partition coefficient (Wildman–Crippen LogP) is -0.599. The highest BCUT2D eigenvalue weighted by Crippen LogP contribution is 2.35. The minimum Gasteiger partial charge on any atom is -0.258 e. The smallest absolute Gasteiger partial charge is 0.258 e. The SMILES string of the molecule is O=[N+]([O-])C1([N+](=O)[O-])CN(S(=O)(=O)C(F)(F)F)C1. The van der Waals surface area contributed by atoms with Crippen LogP contribution < -0.4 is 0 Å². The maximum atomic E-state index is 12.0. The molecule has 0 N–H and O–H groups in total. The molecule has 1 rings (SSSR count). The third-order valence-corrected chi connectivity index (χ3v) is 3.69. The van der Waals surface area contributed by atoms with Crippen molar-refractivity contribution in [2.45, 2.75) is 11.2 Å². The molecule has 1 aliphatic heterocycles. The second kappa shape index (κ2) is 3.49. The number of nitro groups is 2. The molecule has 0 radical (unpaired) electrons. The van der Waals surface area contributed by atoms with Crippen molar-refractivity contribution in [1.82, 2.24) is 4.31 Å². The van der Waals surface area contributed by atoms with Crippen LogP contribution in [0.25, 0.3) is 0 Å². The maximum Gasteiger partial charge on any atom is 0.511 e. The van der Waals surface area contributed by atoms with Gasteiger partial charge in [-0.2, -0.15) is 17.5 Å². The average Bonchev–Trinajstić information content (AvgIpc) is 1.96. The second-order valence-corrected chi connectivity index (χ2v) is 5.14. The van der Waals surface area contributed by atoms with E-state index >= 15 is 0 Å². The van der Waals surface area contributed by atoms with Gasteiger partial charge in [-0.25, -0.2) is 8.42 Å². The number of hydrogen-bond acceptors (Lipinski definition) is 6. The fourth-order valence-electron chi connectivity index (χ4n) is 1.13. The van der Waals surface area contributed by atoms with E-state index in [1.54, 1.807) is 0 Å². The zero-order chi connectivity index (χ0) is 13.6. The van der Waals surface area contributed by atoms with Gasteiger partial charge in [-0.15, -0.1) is 0 Å². The van der Waals surface area contributed by atoms with E-state index in [1.165, 1.54) is 0 Å². The monoisotopic (exact) mass is 279 g/mol. The minimum absolute atomic E-state index is 0.349. The van der Waals surface area contributed by atoms with Gasteiger partial charge in [0.15, 0.2) is 13.1 Å². The highest BCUT2D eigenvalue weighted by Gasteiger charge is 2.72. The average molecular weight is 279 g/mol. The summed E-state index contributed by atoms with van der Waals surface area (Å²) in [7, 11) is -5.75. The Kier molecular flexibility index (Phi) is 2.79. The lowest BCUT2D eigenvalue weighted by molar-refractivity contribution is -0.808. The molecule has 0 aromatic heterocycles. The van der Waals surface area contributed by atoms with Gasteiger partial charge in [0.25, 0.3) is 0 Å². The van der Waals surface area contributed by atoms with Gasteiger partial charge in [0.05, 0.1) is 0 Å². The molecule has 1 saturated heterocycles.